The van der Waals surface area contributed by atoms with Crippen LogP contribution in [0.1, 0.15) is 11.6 Å². The second kappa shape index (κ2) is 6.18. The highest BCUT2D eigenvalue weighted by Crippen LogP contribution is 2.28. The molecule has 1 aliphatic heterocycles. The maximum atomic E-state index is 12.0. The fraction of sp³-hybridized carbons (Fsp3) is 0.462. The third-order valence-electron chi connectivity index (χ3n) is 3.14. The van der Waals surface area contributed by atoms with Crippen LogP contribution in [-0.2, 0) is 9.53 Å². The summed E-state index contributed by atoms with van der Waals surface area (Å²) >= 11 is 6.19. The number of hydrogen-bond acceptors (Lipinski definition) is 4. The minimum absolute atomic E-state index is 0.259. The molecule has 1 heterocycles. The third kappa shape index (κ3) is 2.83. The topological polar surface area (TPSA) is 41.6 Å². The zero-order valence-electron chi connectivity index (χ0n) is 10.4. The molecule has 98 valence electrons. The molecule has 1 fully saturated rings. The normalized spacial score (nSPS) is 18.3. The Hall–Kier alpha value is -1.10. The minimum atomic E-state index is -0.411. The molecular weight excluding hydrogens is 252 g/mol. The Morgan fingerprint density at radius 1 is 1.39 bits per heavy atom. The van der Waals surface area contributed by atoms with E-state index in [9.17, 15) is 4.79 Å². The van der Waals surface area contributed by atoms with E-state index in [1.165, 1.54) is 7.11 Å². The van der Waals surface area contributed by atoms with Crippen molar-refractivity contribution in [1.29, 1.82) is 0 Å². The van der Waals surface area contributed by atoms with Crippen molar-refractivity contribution in [3.63, 3.8) is 0 Å². The Bertz CT molecular complexity index is 419. The summed E-state index contributed by atoms with van der Waals surface area (Å²) in [6.07, 6.45) is 0. The van der Waals surface area contributed by atoms with Gasteiger partial charge in [-0.15, -0.1) is 0 Å². The van der Waals surface area contributed by atoms with Crippen LogP contribution in [0.5, 0.6) is 0 Å². The first-order valence-corrected chi connectivity index (χ1v) is 6.39. The molecule has 18 heavy (non-hydrogen) atoms. The zero-order valence-corrected chi connectivity index (χ0v) is 11.1. The fourth-order valence-electron chi connectivity index (χ4n) is 2.22. The molecule has 1 aromatic rings. The van der Waals surface area contributed by atoms with Crippen LogP contribution in [0.3, 0.4) is 0 Å². The van der Waals surface area contributed by atoms with Gasteiger partial charge in [-0.05, 0) is 11.6 Å². The number of esters is 1. The van der Waals surface area contributed by atoms with Gasteiger partial charge in [-0.1, -0.05) is 29.8 Å². The lowest BCUT2D eigenvalue weighted by atomic mass is 10.0. The van der Waals surface area contributed by atoms with Crippen LogP contribution < -0.4 is 5.32 Å². The van der Waals surface area contributed by atoms with Gasteiger partial charge in [0.2, 0.25) is 0 Å². The molecule has 1 saturated heterocycles. The molecule has 1 atom stereocenters. The Labute approximate surface area is 112 Å². The monoisotopic (exact) mass is 268 g/mol. The second-order valence-electron chi connectivity index (χ2n) is 4.23. The fourth-order valence-corrected chi connectivity index (χ4v) is 2.46. The standard InChI is InChI=1S/C13H17ClN2O2/c1-18-13(17)12(16-8-6-15-7-9-16)10-4-2-3-5-11(10)14/h2-5,12,15H,6-9H2,1H3/t12-/m1/s1. The van der Waals surface area contributed by atoms with E-state index in [1.54, 1.807) is 6.07 Å². The quantitative estimate of drug-likeness (QED) is 0.843. The van der Waals surface area contributed by atoms with E-state index in [2.05, 4.69) is 10.2 Å². The smallest absolute Gasteiger partial charge is 0.327 e. The molecule has 1 N–H and O–H groups in total. The van der Waals surface area contributed by atoms with E-state index < -0.39 is 6.04 Å². The summed E-state index contributed by atoms with van der Waals surface area (Å²) in [4.78, 5) is 14.1. The molecule has 4 nitrogen and oxygen atoms in total. The van der Waals surface area contributed by atoms with Crippen molar-refractivity contribution in [1.82, 2.24) is 10.2 Å². The van der Waals surface area contributed by atoms with E-state index in [0.29, 0.717) is 5.02 Å². The molecule has 0 spiro atoms. The summed E-state index contributed by atoms with van der Waals surface area (Å²) in [7, 11) is 1.41. The third-order valence-corrected chi connectivity index (χ3v) is 3.49. The van der Waals surface area contributed by atoms with E-state index in [0.717, 1.165) is 31.7 Å². The van der Waals surface area contributed by atoms with Gasteiger partial charge in [0, 0.05) is 31.2 Å². The average Bonchev–Trinajstić information content (AvgIpc) is 2.42. The molecular formula is C13H17ClN2O2. The van der Waals surface area contributed by atoms with Gasteiger partial charge in [-0.25, -0.2) is 4.79 Å². The lowest BCUT2D eigenvalue weighted by Gasteiger charge is -2.33. The average molecular weight is 269 g/mol. The lowest BCUT2D eigenvalue weighted by Crippen LogP contribution is -2.47. The van der Waals surface area contributed by atoms with Crippen LogP contribution >= 0.6 is 11.6 Å². The predicted molar refractivity (Wildman–Crippen MR) is 70.7 cm³/mol. The van der Waals surface area contributed by atoms with Gasteiger partial charge in [0.05, 0.1) is 7.11 Å². The van der Waals surface area contributed by atoms with Gasteiger partial charge in [0.1, 0.15) is 6.04 Å². The highest BCUT2D eigenvalue weighted by atomic mass is 35.5. The van der Waals surface area contributed by atoms with Crippen LogP contribution in [0.25, 0.3) is 0 Å². The number of carbonyl (C=O) groups excluding carboxylic acids is 1. The molecule has 5 heteroatoms. The maximum Gasteiger partial charge on any atom is 0.327 e. The first-order valence-electron chi connectivity index (χ1n) is 6.01. The van der Waals surface area contributed by atoms with Crippen LogP contribution in [0.4, 0.5) is 0 Å². The number of hydrogen-bond donors (Lipinski definition) is 1. The summed E-state index contributed by atoms with van der Waals surface area (Å²) in [6, 6.07) is 7.02. The van der Waals surface area contributed by atoms with Gasteiger partial charge in [0.15, 0.2) is 0 Å². The molecule has 0 radical (unpaired) electrons. The molecule has 0 bridgehead atoms. The number of carbonyl (C=O) groups is 1. The van der Waals surface area contributed by atoms with Crippen molar-refractivity contribution in [3.8, 4) is 0 Å². The molecule has 1 aromatic carbocycles. The first-order chi connectivity index (χ1) is 8.74. The Morgan fingerprint density at radius 2 is 2.06 bits per heavy atom. The summed E-state index contributed by atoms with van der Waals surface area (Å²) in [5.41, 5.74) is 0.813. The Morgan fingerprint density at radius 3 is 2.67 bits per heavy atom. The highest BCUT2D eigenvalue weighted by molar-refractivity contribution is 6.31. The van der Waals surface area contributed by atoms with E-state index in [1.807, 2.05) is 18.2 Å². The van der Waals surface area contributed by atoms with E-state index in [-0.39, 0.29) is 5.97 Å². The van der Waals surface area contributed by atoms with Crippen molar-refractivity contribution < 1.29 is 9.53 Å². The van der Waals surface area contributed by atoms with Gasteiger partial charge < -0.3 is 10.1 Å². The molecule has 1 aliphatic rings. The molecule has 0 amide bonds. The first kappa shape index (κ1) is 13.3. The summed E-state index contributed by atoms with van der Waals surface area (Å²) in [5.74, 6) is -0.259. The molecule has 0 aliphatic carbocycles. The molecule has 0 aromatic heterocycles. The number of nitrogens with zero attached hydrogens (tertiary/aromatic N) is 1. The Kier molecular flexibility index (Phi) is 4.58. The number of ether oxygens (including phenoxy) is 1. The summed E-state index contributed by atoms with van der Waals surface area (Å²) in [6.45, 7) is 3.37. The second-order valence-corrected chi connectivity index (χ2v) is 4.64. The maximum absolute atomic E-state index is 12.0. The van der Waals surface area contributed by atoms with Crippen molar-refractivity contribution in [2.75, 3.05) is 33.3 Å². The minimum Gasteiger partial charge on any atom is -0.468 e. The molecule has 0 unspecified atom stereocenters. The van der Waals surface area contributed by atoms with Crippen LogP contribution in [-0.4, -0.2) is 44.2 Å². The lowest BCUT2D eigenvalue weighted by molar-refractivity contribution is -0.147. The van der Waals surface area contributed by atoms with Crippen LogP contribution in [0, 0.1) is 0 Å². The number of benzene rings is 1. The van der Waals surface area contributed by atoms with Gasteiger partial charge in [0.25, 0.3) is 0 Å². The van der Waals surface area contributed by atoms with Crippen LogP contribution in [0.15, 0.2) is 24.3 Å². The molecule has 0 saturated carbocycles. The van der Waals surface area contributed by atoms with Gasteiger partial charge >= 0.3 is 5.97 Å². The molecule has 2 rings (SSSR count). The SMILES string of the molecule is COC(=O)[C@@H](c1ccccc1Cl)N1CCNCC1. The number of rotatable bonds is 3. The van der Waals surface area contributed by atoms with Crippen molar-refractivity contribution >= 4 is 17.6 Å². The predicted octanol–water partition coefficient (Wildman–Crippen LogP) is 1.46. The number of piperazine rings is 1. The van der Waals surface area contributed by atoms with Crippen molar-refractivity contribution in [2.45, 2.75) is 6.04 Å². The van der Waals surface area contributed by atoms with Crippen LogP contribution in [0.2, 0.25) is 5.02 Å². The summed E-state index contributed by atoms with van der Waals surface area (Å²) in [5, 5.41) is 3.87. The van der Waals surface area contributed by atoms with Crippen molar-refractivity contribution in [3.05, 3.63) is 34.9 Å². The highest BCUT2D eigenvalue weighted by Gasteiger charge is 2.30. The summed E-state index contributed by atoms with van der Waals surface area (Å²) < 4.78 is 4.92. The van der Waals surface area contributed by atoms with Crippen molar-refractivity contribution in [2.24, 2.45) is 0 Å². The van der Waals surface area contributed by atoms with Gasteiger partial charge in [-0.2, -0.15) is 0 Å². The van der Waals surface area contributed by atoms with Gasteiger partial charge in [-0.3, -0.25) is 4.90 Å². The zero-order chi connectivity index (χ0) is 13.0. The van der Waals surface area contributed by atoms with E-state index >= 15 is 0 Å². The van der Waals surface area contributed by atoms with E-state index in [4.69, 9.17) is 16.3 Å². The Balaban J connectivity index is 2.30. The largest absolute Gasteiger partial charge is 0.468 e. The number of nitrogens with one attached hydrogen (secondary N) is 1. The number of halogens is 1. The number of methoxy groups -OCH3 is 1.